The van der Waals surface area contributed by atoms with Crippen LogP contribution in [-0.2, 0) is 9.53 Å². The molecule has 0 aromatic carbocycles. The lowest BCUT2D eigenvalue weighted by atomic mass is 9.87. The Kier molecular flexibility index (Phi) is 4.21. The van der Waals surface area contributed by atoms with Crippen molar-refractivity contribution in [3.8, 4) is 0 Å². The van der Waals surface area contributed by atoms with E-state index in [-0.39, 0.29) is 18.1 Å². The summed E-state index contributed by atoms with van der Waals surface area (Å²) >= 11 is 0. The van der Waals surface area contributed by atoms with E-state index in [0.717, 1.165) is 45.6 Å². The molecule has 0 aliphatic carbocycles. The van der Waals surface area contributed by atoms with Gasteiger partial charge in [-0.2, -0.15) is 0 Å². The number of rotatable bonds is 2. The lowest BCUT2D eigenvalue weighted by molar-refractivity contribution is -0.171. The Hall–Kier alpha value is -0.610. The van der Waals surface area contributed by atoms with Gasteiger partial charge in [0, 0.05) is 32.7 Å². The molecule has 0 atom stereocenters. The second-order valence-corrected chi connectivity index (χ2v) is 7.22. The fraction of sp³-hybridized carbons (Fsp3) is 0.933. The number of carbonyl (C=O) groups is 1. The van der Waals surface area contributed by atoms with Crippen LogP contribution in [0.25, 0.3) is 0 Å². The van der Waals surface area contributed by atoms with Crippen LogP contribution in [0.4, 0.5) is 0 Å². The summed E-state index contributed by atoms with van der Waals surface area (Å²) in [5, 5.41) is 0. The van der Waals surface area contributed by atoms with Crippen LogP contribution >= 0.6 is 0 Å². The number of likely N-dealkylation sites (tertiary alicyclic amines) is 1. The molecule has 0 saturated carbocycles. The van der Waals surface area contributed by atoms with Gasteiger partial charge in [0.25, 0.3) is 0 Å². The molecule has 1 spiro atoms. The molecular weight excluding hydrogens is 240 g/mol. The van der Waals surface area contributed by atoms with Crippen molar-refractivity contribution in [1.82, 2.24) is 9.80 Å². The number of piperidine rings is 1. The van der Waals surface area contributed by atoms with E-state index in [2.05, 4.69) is 25.7 Å². The van der Waals surface area contributed by atoms with Crippen molar-refractivity contribution >= 4 is 5.91 Å². The lowest BCUT2D eigenvalue weighted by Crippen LogP contribution is -2.59. The quantitative estimate of drug-likeness (QED) is 0.765. The number of ether oxygens (including phenoxy) is 1. The van der Waals surface area contributed by atoms with Gasteiger partial charge in [-0.25, -0.2) is 0 Å². The molecule has 2 aliphatic heterocycles. The van der Waals surface area contributed by atoms with Crippen LogP contribution < -0.4 is 0 Å². The van der Waals surface area contributed by atoms with E-state index in [1.807, 2.05) is 11.8 Å². The molecule has 0 aromatic heterocycles. The molecule has 2 aliphatic rings. The molecule has 2 rings (SSSR count). The normalized spacial score (nSPS) is 25.1. The maximum absolute atomic E-state index is 11.7. The van der Waals surface area contributed by atoms with Gasteiger partial charge < -0.3 is 14.5 Å². The second kappa shape index (κ2) is 5.41. The average molecular weight is 268 g/mol. The van der Waals surface area contributed by atoms with Gasteiger partial charge in [-0.3, -0.25) is 4.79 Å². The fourth-order valence-electron chi connectivity index (χ4n) is 3.17. The highest BCUT2D eigenvalue weighted by atomic mass is 16.5. The minimum atomic E-state index is -0.0711. The molecular formula is C15H28N2O2. The smallest absolute Gasteiger partial charge is 0.248 e. The molecule has 19 heavy (non-hydrogen) atoms. The molecule has 0 aromatic rings. The molecule has 1 amide bonds. The van der Waals surface area contributed by atoms with E-state index in [9.17, 15) is 4.79 Å². The van der Waals surface area contributed by atoms with Gasteiger partial charge in [0.2, 0.25) is 5.91 Å². The van der Waals surface area contributed by atoms with Crippen molar-refractivity contribution in [1.29, 1.82) is 0 Å². The fourth-order valence-corrected chi connectivity index (χ4v) is 3.17. The van der Waals surface area contributed by atoms with Crippen LogP contribution in [0.1, 0.15) is 40.5 Å². The highest BCUT2D eigenvalue weighted by molar-refractivity contribution is 5.78. The number of likely N-dealkylation sites (N-methyl/N-ethyl adjacent to an activating group) is 1. The summed E-state index contributed by atoms with van der Waals surface area (Å²) in [5.41, 5.74) is 0.279. The van der Waals surface area contributed by atoms with Crippen molar-refractivity contribution in [2.75, 3.05) is 39.3 Å². The summed E-state index contributed by atoms with van der Waals surface area (Å²) in [7, 11) is 0. The maximum atomic E-state index is 11.7. The molecule has 0 N–H and O–H groups in total. The van der Waals surface area contributed by atoms with E-state index in [4.69, 9.17) is 4.74 Å². The predicted molar refractivity (Wildman–Crippen MR) is 76.1 cm³/mol. The molecule has 2 fully saturated rings. The first kappa shape index (κ1) is 14.8. The molecule has 0 radical (unpaired) electrons. The number of amides is 1. The standard InChI is InChI=1S/C15H28N2O2/c1-5-17-12-15(19-10-13(17)18)6-8-16(9-7-15)11-14(2,3)4/h5-12H2,1-4H3. The van der Waals surface area contributed by atoms with Crippen molar-refractivity contribution < 1.29 is 9.53 Å². The van der Waals surface area contributed by atoms with E-state index in [1.165, 1.54) is 0 Å². The molecule has 0 bridgehead atoms. The Morgan fingerprint density at radius 2 is 1.89 bits per heavy atom. The number of morpholine rings is 1. The number of nitrogens with zero attached hydrogens (tertiary/aromatic N) is 2. The monoisotopic (exact) mass is 268 g/mol. The van der Waals surface area contributed by atoms with Crippen molar-refractivity contribution in [3.63, 3.8) is 0 Å². The largest absolute Gasteiger partial charge is 0.363 e. The van der Waals surface area contributed by atoms with Gasteiger partial charge in [0.1, 0.15) is 6.61 Å². The molecule has 0 unspecified atom stereocenters. The zero-order chi connectivity index (χ0) is 14.1. The van der Waals surface area contributed by atoms with Gasteiger partial charge in [-0.15, -0.1) is 0 Å². The lowest BCUT2D eigenvalue weighted by Gasteiger charge is -2.47. The first-order valence-electron chi connectivity index (χ1n) is 7.48. The minimum Gasteiger partial charge on any atom is -0.363 e. The van der Waals surface area contributed by atoms with Gasteiger partial charge >= 0.3 is 0 Å². The highest BCUT2D eigenvalue weighted by Gasteiger charge is 2.42. The van der Waals surface area contributed by atoms with Crippen molar-refractivity contribution in [2.24, 2.45) is 5.41 Å². The van der Waals surface area contributed by atoms with Crippen LogP contribution in [0.2, 0.25) is 0 Å². The van der Waals surface area contributed by atoms with Gasteiger partial charge in [0.15, 0.2) is 0 Å². The Balaban J connectivity index is 1.90. The Morgan fingerprint density at radius 3 is 2.42 bits per heavy atom. The molecule has 4 nitrogen and oxygen atoms in total. The Labute approximate surface area is 117 Å². The molecule has 2 saturated heterocycles. The second-order valence-electron chi connectivity index (χ2n) is 7.22. The van der Waals surface area contributed by atoms with Crippen LogP contribution in [0, 0.1) is 5.41 Å². The van der Waals surface area contributed by atoms with Gasteiger partial charge in [-0.05, 0) is 25.2 Å². The number of hydrogen-bond donors (Lipinski definition) is 0. The summed E-state index contributed by atoms with van der Waals surface area (Å²) in [5.74, 6) is 0.144. The third kappa shape index (κ3) is 3.69. The zero-order valence-corrected chi connectivity index (χ0v) is 12.9. The molecule has 4 heteroatoms. The van der Waals surface area contributed by atoms with Crippen molar-refractivity contribution in [2.45, 2.75) is 46.1 Å². The van der Waals surface area contributed by atoms with Gasteiger partial charge in [0.05, 0.1) is 5.60 Å². The number of carbonyl (C=O) groups excluding carboxylic acids is 1. The highest BCUT2D eigenvalue weighted by Crippen LogP contribution is 2.31. The van der Waals surface area contributed by atoms with Crippen LogP contribution in [0.5, 0.6) is 0 Å². The van der Waals surface area contributed by atoms with Crippen molar-refractivity contribution in [3.05, 3.63) is 0 Å². The Morgan fingerprint density at radius 1 is 1.26 bits per heavy atom. The summed E-state index contributed by atoms with van der Waals surface area (Å²) in [6, 6.07) is 0. The topological polar surface area (TPSA) is 32.8 Å². The summed E-state index contributed by atoms with van der Waals surface area (Å²) in [6.07, 6.45) is 2.10. The molecule has 2 heterocycles. The summed E-state index contributed by atoms with van der Waals surface area (Å²) < 4.78 is 5.91. The zero-order valence-electron chi connectivity index (χ0n) is 12.9. The van der Waals surface area contributed by atoms with Crippen LogP contribution in [-0.4, -0.2) is 60.6 Å². The summed E-state index contributed by atoms with van der Waals surface area (Å²) in [4.78, 5) is 16.2. The van der Waals surface area contributed by atoms with E-state index in [0.29, 0.717) is 5.41 Å². The van der Waals surface area contributed by atoms with Crippen LogP contribution in [0.15, 0.2) is 0 Å². The predicted octanol–water partition coefficient (Wildman–Crippen LogP) is 1.75. The number of hydrogen-bond acceptors (Lipinski definition) is 3. The first-order valence-corrected chi connectivity index (χ1v) is 7.48. The average Bonchev–Trinajstić information content (AvgIpc) is 2.34. The van der Waals surface area contributed by atoms with Gasteiger partial charge in [-0.1, -0.05) is 20.8 Å². The third-order valence-electron chi connectivity index (χ3n) is 4.18. The summed E-state index contributed by atoms with van der Waals surface area (Å²) in [6.45, 7) is 14.1. The van der Waals surface area contributed by atoms with E-state index in [1.54, 1.807) is 0 Å². The first-order chi connectivity index (χ1) is 8.84. The van der Waals surface area contributed by atoms with E-state index < -0.39 is 0 Å². The molecule has 110 valence electrons. The Bertz CT molecular complexity index is 328. The third-order valence-corrected chi connectivity index (χ3v) is 4.18. The van der Waals surface area contributed by atoms with E-state index >= 15 is 0 Å². The maximum Gasteiger partial charge on any atom is 0.248 e. The SMILES string of the molecule is CCN1CC2(CCN(CC(C)(C)C)CC2)OCC1=O. The minimum absolute atomic E-state index is 0.0711. The van der Waals surface area contributed by atoms with Crippen LogP contribution in [0.3, 0.4) is 0 Å².